The molecule has 1 saturated heterocycles. The monoisotopic (exact) mass is 322 g/mol. The third-order valence-corrected chi connectivity index (χ3v) is 4.98. The Morgan fingerprint density at radius 2 is 2.24 bits per heavy atom. The van der Waals surface area contributed by atoms with E-state index < -0.39 is 17.7 Å². The second kappa shape index (κ2) is 5.65. The van der Waals surface area contributed by atoms with Gasteiger partial charge in [-0.25, -0.2) is 8.78 Å². The first kappa shape index (κ1) is 13.3. The molecule has 2 nitrogen and oxygen atoms in total. The number of nitrogens with two attached hydrogens (primary N) is 1. The lowest BCUT2D eigenvalue weighted by atomic mass is 10.0. The zero-order valence-electron chi connectivity index (χ0n) is 9.05. The highest BCUT2D eigenvalue weighted by Gasteiger charge is 2.31. The summed E-state index contributed by atoms with van der Waals surface area (Å²) in [4.78, 5) is 0. The normalized spacial score (nSPS) is 21.8. The van der Waals surface area contributed by atoms with Crippen LogP contribution < -0.4 is 11.3 Å². The van der Waals surface area contributed by atoms with E-state index in [0.717, 1.165) is 18.6 Å². The third-order valence-electron chi connectivity index (χ3n) is 2.91. The molecule has 1 aromatic rings. The summed E-state index contributed by atoms with van der Waals surface area (Å²) < 4.78 is 28.0. The van der Waals surface area contributed by atoms with Crippen molar-refractivity contribution in [2.24, 2.45) is 5.84 Å². The highest BCUT2D eigenvalue weighted by atomic mass is 79.9. The van der Waals surface area contributed by atoms with Crippen LogP contribution in [0.3, 0.4) is 0 Å². The van der Waals surface area contributed by atoms with E-state index in [1.807, 2.05) is 0 Å². The largest absolute Gasteiger partial charge is 0.271 e. The Morgan fingerprint density at radius 3 is 2.82 bits per heavy atom. The predicted molar refractivity (Wildman–Crippen MR) is 69.6 cm³/mol. The van der Waals surface area contributed by atoms with E-state index in [0.29, 0.717) is 0 Å². The minimum absolute atomic E-state index is 0.0290. The lowest BCUT2D eigenvalue weighted by Crippen LogP contribution is -2.35. The van der Waals surface area contributed by atoms with Crippen LogP contribution in [0.2, 0.25) is 0 Å². The molecule has 1 heterocycles. The molecule has 1 fully saturated rings. The second-order valence-electron chi connectivity index (χ2n) is 3.95. The van der Waals surface area contributed by atoms with Crippen LogP contribution in [0.15, 0.2) is 16.6 Å². The van der Waals surface area contributed by atoms with Gasteiger partial charge in [0.25, 0.3) is 0 Å². The summed E-state index contributed by atoms with van der Waals surface area (Å²) in [5.74, 6) is 5.35. The van der Waals surface area contributed by atoms with E-state index in [1.165, 1.54) is 12.1 Å². The number of rotatable bonds is 3. The van der Waals surface area contributed by atoms with Crippen molar-refractivity contribution in [1.82, 2.24) is 5.43 Å². The van der Waals surface area contributed by atoms with Crippen molar-refractivity contribution >= 4 is 27.7 Å². The lowest BCUT2D eigenvalue weighted by Gasteiger charge is -2.23. The summed E-state index contributed by atoms with van der Waals surface area (Å²) in [6.07, 6.45) is 1.98. The van der Waals surface area contributed by atoms with Crippen LogP contribution in [0.5, 0.6) is 0 Å². The Hall–Kier alpha value is -0.170. The molecule has 1 aliphatic heterocycles. The molecule has 2 atom stereocenters. The zero-order chi connectivity index (χ0) is 12.4. The fourth-order valence-corrected chi connectivity index (χ4v) is 3.79. The highest BCUT2D eigenvalue weighted by molar-refractivity contribution is 9.10. The summed E-state index contributed by atoms with van der Waals surface area (Å²) in [6.45, 7) is 0. The molecule has 0 amide bonds. The van der Waals surface area contributed by atoms with Crippen molar-refractivity contribution in [1.29, 1.82) is 0 Å². The number of benzene rings is 1. The van der Waals surface area contributed by atoms with Crippen LogP contribution in [0.1, 0.15) is 24.4 Å². The number of thioether (sulfide) groups is 1. The summed E-state index contributed by atoms with van der Waals surface area (Å²) in [7, 11) is 0. The first-order valence-electron chi connectivity index (χ1n) is 5.36. The van der Waals surface area contributed by atoms with E-state index in [1.54, 1.807) is 11.8 Å². The molecule has 2 unspecified atom stereocenters. The summed E-state index contributed by atoms with van der Waals surface area (Å²) in [5, 5.41) is 0.123. The van der Waals surface area contributed by atoms with Gasteiger partial charge in [0, 0.05) is 10.8 Å². The molecule has 6 heteroatoms. The minimum atomic E-state index is -0.569. The van der Waals surface area contributed by atoms with Crippen LogP contribution in [-0.2, 0) is 0 Å². The van der Waals surface area contributed by atoms with Gasteiger partial charge in [-0.2, -0.15) is 11.8 Å². The van der Waals surface area contributed by atoms with Crippen molar-refractivity contribution in [2.75, 3.05) is 5.75 Å². The van der Waals surface area contributed by atoms with Crippen LogP contribution in [0.25, 0.3) is 0 Å². The number of hydrogen-bond donors (Lipinski definition) is 2. The van der Waals surface area contributed by atoms with Crippen molar-refractivity contribution in [2.45, 2.75) is 24.1 Å². The molecule has 0 aliphatic carbocycles. The predicted octanol–water partition coefficient (Wildman–Crippen LogP) is 3.13. The molecule has 0 aromatic heterocycles. The first-order chi connectivity index (χ1) is 8.15. The van der Waals surface area contributed by atoms with Crippen LogP contribution >= 0.6 is 27.7 Å². The van der Waals surface area contributed by atoms with Crippen LogP contribution in [0.4, 0.5) is 8.78 Å². The standard InChI is InChI=1S/C11H13BrF2N2S/c12-6-3-4-7(13)9(10(6)14)11(16-15)8-2-1-5-17-8/h3-4,8,11,16H,1-2,5,15H2. The molecule has 1 aromatic carbocycles. The second-order valence-corrected chi connectivity index (χ2v) is 6.15. The van der Waals surface area contributed by atoms with Crippen LogP contribution in [-0.4, -0.2) is 11.0 Å². The molecule has 0 saturated carbocycles. The van der Waals surface area contributed by atoms with Crippen molar-refractivity contribution in [3.63, 3.8) is 0 Å². The van der Waals surface area contributed by atoms with Crippen molar-refractivity contribution < 1.29 is 8.78 Å². The molecule has 17 heavy (non-hydrogen) atoms. The van der Waals surface area contributed by atoms with E-state index >= 15 is 0 Å². The molecular weight excluding hydrogens is 310 g/mol. The topological polar surface area (TPSA) is 38.0 Å². The maximum atomic E-state index is 14.0. The third kappa shape index (κ3) is 2.65. The van der Waals surface area contributed by atoms with Gasteiger partial charge in [0.2, 0.25) is 0 Å². The Bertz CT molecular complexity index is 411. The van der Waals surface area contributed by atoms with Crippen LogP contribution in [0, 0.1) is 11.6 Å². The quantitative estimate of drug-likeness (QED) is 0.510. The van der Waals surface area contributed by atoms with Gasteiger partial charge in [0.05, 0.1) is 10.5 Å². The molecule has 94 valence electrons. The molecule has 0 spiro atoms. The average molecular weight is 323 g/mol. The summed E-state index contributed by atoms with van der Waals surface area (Å²) >= 11 is 4.77. The Balaban J connectivity index is 2.39. The molecule has 0 radical (unpaired) electrons. The van der Waals surface area contributed by atoms with Gasteiger partial charge in [-0.15, -0.1) is 0 Å². The van der Waals surface area contributed by atoms with Gasteiger partial charge in [0.15, 0.2) is 0 Å². The van der Waals surface area contributed by atoms with Gasteiger partial charge in [-0.1, -0.05) is 0 Å². The smallest absolute Gasteiger partial charge is 0.145 e. The fourth-order valence-electron chi connectivity index (χ4n) is 2.07. The van der Waals surface area contributed by atoms with Crippen molar-refractivity contribution in [3.8, 4) is 0 Å². The Kier molecular flexibility index (Phi) is 4.41. The lowest BCUT2D eigenvalue weighted by molar-refractivity contribution is 0.456. The number of halogens is 3. The van der Waals surface area contributed by atoms with Gasteiger partial charge in [-0.05, 0) is 46.7 Å². The zero-order valence-corrected chi connectivity index (χ0v) is 11.5. The maximum Gasteiger partial charge on any atom is 0.145 e. The Labute approximate surface area is 111 Å². The fraction of sp³-hybridized carbons (Fsp3) is 0.455. The minimum Gasteiger partial charge on any atom is -0.271 e. The van der Waals surface area contributed by atoms with E-state index in [4.69, 9.17) is 5.84 Å². The molecule has 0 bridgehead atoms. The molecule has 2 rings (SSSR count). The first-order valence-corrected chi connectivity index (χ1v) is 7.20. The van der Waals surface area contributed by atoms with Gasteiger partial charge in [0.1, 0.15) is 11.6 Å². The summed E-state index contributed by atoms with van der Waals surface area (Å²) in [6, 6.07) is 2.13. The Morgan fingerprint density at radius 1 is 1.47 bits per heavy atom. The SMILES string of the molecule is NNC(c1c(F)ccc(Br)c1F)C1CCCS1. The van der Waals surface area contributed by atoms with E-state index in [-0.39, 0.29) is 15.3 Å². The molecular formula is C11H13BrF2N2S. The average Bonchev–Trinajstić information content (AvgIpc) is 2.83. The number of nitrogens with one attached hydrogen (secondary N) is 1. The highest BCUT2D eigenvalue weighted by Crippen LogP contribution is 2.38. The van der Waals surface area contributed by atoms with Gasteiger partial charge < -0.3 is 0 Å². The van der Waals surface area contributed by atoms with E-state index in [9.17, 15) is 8.78 Å². The maximum absolute atomic E-state index is 14.0. The summed E-state index contributed by atoms with van der Waals surface area (Å²) in [5.41, 5.74) is 2.58. The van der Waals surface area contributed by atoms with Gasteiger partial charge >= 0.3 is 0 Å². The number of hydrogen-bond acceptors (Lipinski definition) is 3. The molecule has 3 N–H and O–H groups in total. The van der Waals surface area contributed by atoms with Gasteiger partial charge in [-0.3, -0.25) is 11.3 Å². The van der Waals surface area contributed by atoms with E-state index in [2.05, 4.69) is 21.4 Å². The van der Waals surface area contributed by atoms with Crippen molar-refractivity contribution in [3.05, 3.63) is 33.8 Å². The number of hydrazine groups is 1. The molecule has 1 aliphatic rings.